The van der Waals surface area contributed by atoms with Crippen molar-refractivity contribution in [2.24, 2.45) is 5.92 Å². The molecule has 1 fully saturated rings. The number of aromatic amines is 1. The van der Waals surface area contributed by atoms with Crippen LogP contribution >= 0.6 is 0 Å². The Balaban J connectivity index is 2.06. The van der Waals surface area contributed by atoms with Crippen LogP contribution in [-0.4, -0.2) is 22.6 Å². The summed E-state index contributed by atoms with van der Waals surface area (Å²) in [4.78, 5) is 14.4. The second-order valence-electron chi connectivity index (χ2n) is 4.45. The van der Waals surface area contributed by atoms with E-state index in [1.54, 1.807) is 0 Å². The van der Waals surface area contributed by atoms with E-state index in [1.165, 1.54) is 0 Å². The van der Waals surface area contributed by atoms with Crippen molar-refractivity contribution in [3.05, 3.63) is 36.0 Å². The van der Waals surface area contributed by atoms with Crippen molar-refractivity contribution in [3.8, 4) is 0 Å². The van der Waals surface area contributed by atoms with Gasteiger partial charge in [-0.2, -0.15) is 0 Å². The van der Waals surface area contributed by atoms with Crippen molar-refractivity contribution in [2.75, 3.05) is 6.54 Å². The van der Waals surface area contributed by atoms with Crippen LogP contribution in [-0.2, 0) is 4.79 Å². The van der Waals surface area contributed by atoms with Gasteiger partial charge in [-0.05, 0) is 24.6 Å². The van der Waals surface area contributed by atoms with Crippen molar-refractivity contribution in [2.45, 2.75) is 12.5 Å². The van der Waals surface area contributed by atoms with Gasteiger partial charge in [0.25, 0.3) is 0 Å². The van der Waals surface area contributed by atoms with Gasteiger partial charge in [0.05, 0.1) is 5.92 Å². The molecular formula is C13H14N2O2. The van der Waals surface area contributed by atoms with E-state index in [0.29, 0.717) is 6.42 Å². The summed E-state index contributed by atoms with van der Waals surface area (Å²) in [5, 5.41) is 13.6. The Morgan fingerprint density at radius 3 is 3.00 bits per heavy atom. The topological polar surface area (TPSA) is 65.1 Å². The van der Waals surface area contributed by atoms with Crippen molar-refractivity contribution < 1.29 is 9.90 Å². The maximum Gasteiger partial charge on any atom is 0.308 e. The van der Waals surface area contributed by atoms with Crippen LogP contribution in [0, 0.1) is 5.92 Å². The van der Waals surface area contributed by atoms with Gasteiger partial charge in [0.2, 0.25) is 0 Å². The molecule has 0 spiro atoms. The minimum absolute atomic E-state index is 0.0800. The molecule has 0 saturated carbocycles. The van der Waals surface area contributed by atoms with Crippen LogP contribution in [0.5, 0.6) is 0 Å². The highest BCUT2D eigenvalue weighted by molar-refractivity contribution is 5.84. The van der Waals surface area contributed by atoms with Crippen LogP contribution in [0.1, 0.15) is 18.0 Å². The number of carboxylic acid groups (broad SMARTS) is 1. The fraction of sp³-hybridized carbons (Fsp3) is 0.308. The molecule has 0 amide bonds. The smallest absolute Gasteiger partial charge is 0.308 e. The van der Waals surface area contributed by atoms with Gasteiger partial charge in [0.15, 0.2) is 0 Å². The zero-order valence-corrected chi connectivity index (χ0v) is 9.31. The first-order chi connectivity index (χ1) is 8.27. The van der Waals surface area contributed by atoms with Crippen molar-refractivity contribution in [3.63, 3.8) is 0 Å². The molecule has 3 N–H and O–H groups in total. The Kier molecular flexibility index (Phi) is 2.37. The third kappa shape index (κ3) is 1.61. The molecule has 17 heavy (non-hydrogen) atoms. The third-order valence-electron chi connectivity index (χ3n) is 3.50. The fourth-order valence-electron chi connectivity index (χ4n) is 2.65. The van der Waals surface area contributed by atoms with E-state index < -0.39 is 5.97 Å². The quantitative estimate of drug-likeness (QED) is 0.738. The van der Waals surface area contributed by atoms with E-state index in [0.717, 1.165) is 23.0 Å². The Morgan fingerprint density at radius 2 is 2.18 bits per heavy atom. The van der Waals surface area contributed by atoms with Crippen molar-refractivity contribution >= 4 is 16.9 Å². The molecule has 2 atom stereocenters. The monoisotopic (exact) mass is 230 g/mol. The molecule has 4 heteroatoms. The summed E-state index contributed by atoms with van der Waals surface area (Å²) >= 11 is 0. The molecule has 1 aromatic heterocycles. The number of para-hydroxylation sites is 1. The minimum Gasteiger partial charge on any atom is -0.481 e. The number of hydrogen-bond acceptors (Lipinski definition) is 2. The van der Waals surface area contributed by atoms with Crippen LogP contribution in [0.4, 0.5) is 0 Å². The Labute approximate surface area is 98.6 Å². The van der Waals surface area contributed by atoms with Gasteiger partial charge in [0.1, 0.15) is 0 Å². The number of hydrogen-bond donors (Lipinski definition) is 3. The van der Waals surface area contributed by atoms with E-state index in [4.69, 9.17) is 0 Å². The Bertz CT molecular complexity index is 561. The highest BCUT2D eigenvalue weighted by Gasteiger charge is 2.34. The van der Waals surface area contributed by atoms with Gasteiger partial charge < -0.3 is 15.4 Å². The summed E-state index contributed by atoms with van der Waals surface area (Å²) in [7, 11) is 0. The molecule has 1 saturated heterocycles. The molecule has 3 rings (SSSR count). The zero-order valence-electron chi connectivity index (χ0n) is 9.31. The van der Waals surface area contributed by atoms with Gasteiger partial charge in [-0.15, -0.1) is 0 Å². The van der Waals surface area contributed by atoms with Crippen LogP contribution < -0.4 is 5.32 Å². The lowest BCUT2D eigenvalue weighted by Crippen LogP contribution is -2.23. The second kappa shape index (κ2) is 3.89. The number of benzene rings is 1. The van der Waals surface area contributed by atoms with E-state index in [9.17, 15) is 9.90 Å². The molecule has 88 valence electrons. The maximum absolute atomic E-state index is 11.2. The van der Waals surface area contributed by atoms with Crippen LogP contribution in [0.2, 0.25) is 0 Å². The summed E-state index contributed by atoms with van der Waals surface area (Å²) in [6, 6.07) is 7.90. The average Bonchev–Trinajstić information content (AvgIpc) is 2.94. The molecule has 0 radical (unpaired) electrons. The standard InChI is InChI=1S/C13H14N2O2/c16-13(17)9-5-6-14-12(9)10-7-15-11-4-2-1-3-8(10)11/h1-4,7,9,12,14-15H,5-6H2,(H,16,17)/t9-,12-/m0/s1. The van der Waals surface area contributed by atoms with Crippen LogP contribution in [0.25, 0.3) is 10.9 Å². The number of rotatable bonds is 2. The summed E-state index contributed by atoms with van der Waals surface area (Å²) in [6.07, 6.45) is 2.61. The molecule has 4 nitrogen and oxygen atoms in total. The Hall–Kier alpha value is -1.81. The lowest BCUT2D eigenvalue weighted by Gasteiger charge is -2.15. The number of carboxylic acids is 1. The lowest BCUT2D eigenvalue weighted by molar-refractivity contribution is -0.142. The van der Waals surface area contributed by atoms with Gasteiger partial charge in [-0.25, -0.2) is 0 Å². The molecule has 1 aliphatic heterocycles. The average molecular weight is 230 g/mol. The first-order valence-corrected chi connectivity index (χ1v) is 5.79. The third-order valence-corrected chi connectivity index (χ3v) is 3.50. The number of fused-ring (bicyclic) bond motifs is 1. The fourth-order valence-corrected chi connectivity index (χ4v) is 2.65. The first kappa shape index (κ1) is 10.4. The van der Waals surface area contributed by atoms with E-state index in [1.807, 2.05) is 30.5 Å². The SMILES string of the molecule is O=C(O)[C@H]1CCN[C@@H]1c1c[nH]c2ccccc12. The highest BCUT2D eigenvalue weighted by atomic mass is 16.4. The predicted molar refractivity (Wildman–Crippen MR) is 64.8 cm³/mol. The highest BCUT2D eigenvalue weighted by Crippen LogP contribution is 2.33. The molecular weight excluding hydrogens is 216 g/mol. The normalized spacial score (nSPS) is 24.2. The van der Waals surface area contributed by atoms with Gasteiger partial charge in [-0.1, -0.05) is 18.2 Å². The van der Waals surface area contributed by atoms with E-state index >= 15 is 0 Å². The maximum atomic E-state index is 11.2. The molecule has 2 aromatic rings. The summed E-state index contributed by atoms with van der Waals surface area (Å²) in [5.41, 5.74) is 2.12. The van der Waals surface area contributed by atoms with E-state index in [-0.39, 0.29) is 12.0 Å². The molecule has 0 bridgehead atoms. The largest absolute Gasteiger partial charge is 0.481 e. The number of aromatic nitrogens is 1. The van der Waals surface area contributed by atoms with Crippen molar-refractivity contribution in [1.29, 1.82) is 0 Å². The molecule has 0 unspecified atom stereocenters. The second-order valence-corrected chi connectivity index (χ2v) is 4.45. The lowest BCUT2D eigenvalue weighted by atomic mass is 9.94. The van der Waals surface area contributed by atoms with Gasteiger partial charge >= 0.3 is 5.97 Å². The molecule has 0 aliphatic carbocycles. The predicted octanol–water partition coefficient (Wildman–Crippen LogP) is 1.90. The van der Waals surface area contributed by atoms with E-state index in [2.05, 4.69) is 10.3 Å². The number of carbonyl (C=O) groups is 1. The molecule has 1 aromatic carbocycles. The number of H-pyrrole nitrogens is 1. The summed E-state index contributed by atoms with van der Waals surface area (Å²) in [5.74, 6) is -1.04. The summed E-state index contributed by atoms with van der Waals surface area (Å²) in [6.45, 7) is 0.765. The minimum atomic E-state index is -0.717. The van der Waals surface area contributed by atoms with Gasteiger partial charge in [-0.3, -0.25) is 4.79 Å². The zero-order chi connectivity index (χ0) is 11.8. The van der Waals surface area contributed by atoms with Crippen LogP contribution in [0.3, 0.4) is 0 Å². The number of aliphatic carboxylic acids is 1. The van der Waals surface area contributed by atoms with Crippen molar-refractivity contribution in [1.82, 2.24) is 10.3 Å². The molecule has 2 heterocycles. The summed E-state index contributed by atoms with van der Waals surface area (Å²) < 4.78 is 0. The first-order valence-electron chi connectivity index (χ1n) is 5.79. The van der Waals surface area contributed by atoms with Gasteiger partial charge in [0, 0.05) is 23.1 Å². The Morgan fingerprint density at radius 1 is 1.35 bits per heavy atom. The number of nitrogens with one attached hydrogen (secondary N) is 2. The molecule has 1 aliphatic rings. The van der Waals surface area contributed by atoms with Crippen LogP contribution in [0.15, 0.2) is 30.5 Å².